The summed E-state index contributed by atoms with van der Waals surface area (Å²) in [6.07, 6.45) is 1.27. The number of para-hydroxylation sites is 1. The molecule has 0 aromatic heterocycles. The van der Waals surface area contributed by atoms with E-state index in [2.05, 4.69) is 5.32 Å². The van der Waals surface area contributed by atoms with Gasteiger partial charge in [0.2, 0.25) is 11.8 Å². The Kier molecular flexibility index (Phi) is 4.81. The van der Waals surface area contributed by atoms with Gasteiger partial charge in [-0.1, -0.05) is 42.5 Å². The smallest absolute Gasteiger partial charge is 0.235 e. The molecule has 2 amide bonds. The molecule has 0 bridgehead atoms. The molecule has 6 heteroatoms. The van der Waals surface area contributed by atoms with Crippen molar-refractivity contribution in [2.45, 2.75) is 31.5 Å². The Bertz CT molecular complexity index is 867. The Morgan fingerprint density at radius 1 is 1.11 bits per heavy atom. The predicted molar refractivity (Wildman–Crippen MR) is 101 cm³/mol. The number of amides is 2. The van der Waals surface area contributed by atoms with Gasteiger partial charge in [0, 0.05) is 18.5 Å². The van der Waals surface area contributed by atoms with Crippen LogP contribution in [0.15, 0.2) is 48.5 Å². The Morgan fingerprint density at radius 3 is 2.67 bits per heavy atom. The van der Waals surface area contributed by atoms with Gasteiger partial charge in [0.05, 0.1) is 25.2 Å². The first kappa shape index (κ1) is 17.5. The molecule has 4 rings (SSSR count). The second kappa shape index (κ2) is 7.40. The summed E-state index contributed by atoms with van der Waals surface area (Å²) in [5.74, 6) is 0.312. The number of benzene rings is 2. The van der Waals surface area contributed by atoms with Gasteiger partial charge in [-0.3, -0.25) is 14.5 Å². The van der Waals surface area contributed by atoms with E-state index in [4.69, 9.17) is 10.5 Å². The van der Waals surface area contributed by atoms with Crippen molar-refractivity contribution in [3.05, 3.63) is 65.2 Å². The van der Waals surface area contributed by atoms with Crippen molar-refractivity contribution in [2.75, 3.05) is 13.2 Å². The highest BCUT2D eigenvalue weighted by Gasteiger charge is 2.32. The maximum absolute atomic E-state index is 12.7. The van der Waals surface area contributed by atoms with Crippen molar-refractivity contribution >= 4 is 11.8 Å². The lowest BCUT2D eigenvalue weighted by Crippen LogP contribution is -2.52. The Balaban J connectivity index is 1.47. The van der Waals surface area contributed by atoms with Crippen LogP contribution in [-0.2, 0) is 22.6 Å². The maximum Gasteiger partial charge on any atom is 0.235 e. The first-order chi connectivity index (χ1) is 13.1. The minimum atomic E-state index is -0.465. The van der Waals surface area contributed by atoms with Gasteiger partial charge in [-0.15, -0.1) is 0 Å². The largest absolute Gasteiger partial charge is 0.493 e. The number of primary amides is 1. The molecule has 0 aliphatic carbocycles. The number of hydrogen-bond donors (Lipinski definition) is 2. The molecule has 2 aliphatic heterocycles. The lowest BCUT2D eigenvalue weighted by molar-refractivity contribution is -0.128. The standard InChI is InChI=1S/C21H23N3O3/c22-21(26)18-11-14-5-1-2-6-15(14)12-24(18)13-20(25)23-17-9-10-27-19-8-4-3-7-16(17)19/h1-8,17-18H,9-13H2,(H2,22,26)(H,23,25)/t17-,18+/m1/s1. The van der Waals surface area contributed by atoms with Crippen LogP contribution in [-0.4, -0.2) is 35.9 Å². The summed E-state index contributed by atoms with van der Waals surface area (Å²) in [6, 6.07) is 15.2. The molecule has 0 fully saturated rings. The van der Waals surface area contributed by atoms with Crippen LogP contribution < -0.4 is 15.8 Å². The van der Waals surface area contributed by atoms with E-state index in [9.17, 15) is 9.59 Å². The molecule has 140 valence electrons. The quantitative estimate of drug-likeness (QED) is 0.861. The zero-order valence-corrected chi connectivity index (χ0v) is 15.1. The molecule has 2 aliphatic rings. The van der Waals surface area contributed by atoms with Crippen LogP contribution in [0.5, 0.6) is 5.75 Å². The van der Waals surface area contributed by atoms with Gasteiger partial charge in [-0.05, 0) is 23.6 Å². The molecule has 0 saturated heterocycles. The SMILES string of the molecule is NC(=O)[C@@H]1Cc2ccccc2CN1CC(=O)N[C@@H]1CCOc2ccccc21. The molecule has 2 heterocycles. The van der Waals surface area contributed by atoms with Gasteiger partial charge >= 0.3 is 0 Å². The van der Waals surface area contributed by atoms with E-state index in [0.717, 1.165) is 28.9 Å². The van der Waals surface area contributed by atoms with Crippen molar-refractivity contribution in [1.29, 1.82) is 0 Å². The fourth-order valence-corrected chi connectivity index (χ4v) is 3.94. The summed E-state index contributed by atoms with van der Waals surface area (Å²) in [4.78, 5) is 26.5. The first-order valence-corrected chi connectivity index (χ1v) is 9.23. The second-order valence-electron chi connectivity index (χ2n) is 7.09. The van der Waals surface area contributed by atoms with E-state index in [1.54, 1.807) is 0 Å². The Morgan fingerprint density at radius 2 is 1.85 bits per heavy atom. The number of nitrogens with two attached hydrogens (primary N) is 1. The average molecular weight is 365 g/mol. The minimum Gasteiger partial charge on any atom is -0.493 e. The summed E-state index contributed by atoms with van der Waals surface area (Å²) >= 11 is 0. The van der Waals surface area contributed by atoms with E-state index in [1.807, 2.05) is 53.4 Å². The van der Waals surface area contributed by atoms with Crippen LogP contribution in [0.25, 0.3) is 0 Å². The normalized spacial score (nSPS) is 21.5. The van der Waals surface area contributed by atoms with Crippen molar-refractivity contribution < 1.29 is 14.3 Å². The molecule has 0 spiro atoms. The summed E-state index contributed by atoms with van der Waals surface area (Å²) < 4.78 is 5.65. The molecule has 6 nitrogen and oxygen atoms in total. The van der Waals surface area contributed by atoms with Crippen molar-refractivity contribution in [3.63, 3.8) is 0 Å². The molecule has 27 heavy (non-hydrogen) atoms. The molecule has 0 unspecified atom stereocenters. The molecule has 2 aromatic rings. The van der Waals surface area contributed by atoms with Crippen LogP contribution in [0.4, 0.5) is 0 Å². The van der Waals surface area contributed by atoms with Crippen LogP contribution >= 0.6 is 0 Å². The fraction of sp³-hybridized carbons (Fsp3) is 0.333. The molecule has 2 atom stereocenters. The van der Waals surface area contributed by atoms with E-state index < -0.39 is 11.9 Å². The third-order valence-corrected chi connectivity index (χ3v) is 5.31. The molecule has 3 N–H and O–H groups in total. The van der Waals surface area contributed by atoms with E-state index in [0.29, 0.717) is 19.6 Å². The summed E-state index contributed by atoms with van der Waals surface area (Å²) in [5.41, 5.74) is 8.86. The van der Waals surface area contributed by atoms with Gasteiger partial charge in [0.25, 0.3) is 0 Å². The number of carbonyl (C=O) groups excluding carboxylic acids is 2. The third kappa shape index (κ3) is 3.66. The first-order valence-electron chi connectivity index (χ1n) is 9.23. The van der Waals surface area contributed by atoms with Crippen molar-refractivity contribution in [1.82, 2.24) is 10.2 Å². The van der Waals surface area contributed by atoms with Crippen LogP contribution in [0.1, 0.15) is 29.2 Å². The summed E-state index contributed by atoms with van der Waals surface area (Å²) in [7, 11) is 0. The molecule has 0 saturated carbocycles. The van der Waals surface area contributed by atoms with Crippen LogP contribution in [0.2, 0.25) is 0 Å². The van der Waals surface area contributed by atoms with Gasteiger partial charge in [-0.25, -0.2) is 0 Å². The summed E-state index contributed by atoms with van der Waals surface area (Å²) in [5, 5.41) is 3.09. The summed E-state index contributed by atoms with van der Waals surface area (Å²) in [6.45, 7) is 1.26. The lowest BCUT2D eigenvalue weighted by atomic mass is 9.93. The van der Waals surface area contributed by atoms with Gasteiger partial charge in [0.1, 0.15) is 5.75 Å². The highest BCUT2D eigenvalue weighted by Crippen LogP contribution is 2.31. The number of fused-ring (bicyclic) bond motifs is 2. The number of rotatable bonds is 4. The number of carbonyl (C=O) groups is 2. The lowest BCUT2D eigenvalue weighted by Gasteiger charge is -2.35. The topological polar surface area (TPSA) is 84.7 Å². The minimum absolute atomic E-state index is 0.0773. The number of ether oxygens (including phenoxy) is 1. The molecular weight excluding hydrogens is 342 g/mol. The average Bonchev–Trinajstić information content (AvgIpc) is 2.67. The monoisotopic (exact) mass is 365 g/mol. The molecule has 2 aromatic carbocycles. The second-order valence-corrected chi connectivity index (χ2v) is 7.09. The number of nitrogens with one attached hydrogen (secondary N) is 1. The van der Waals surface area contributed by atoms with E-state index >= 15 is 0 Å². The predicted octanol–water partition coefficient (Wildman–Crippen LogP) is 1.54. The molecular formula is C21H23N3O3. The van der Waals surface area contributed by atoms with Crippen molar-refractivity contribution in [3.8, 4) is 5.75 Å². The highest BCUT2D eigenvalue weighted by atomic mass is 16.5. The van der Waals surface area contributed by atoms with Gasteiger partial charge in [-0.2, -0.15) is 0 Å². The van der Waals surface area contributed by atoms with Gasteiger partial charge in [0.15, 0.2) is 0 Å². The zero-order valence-electron chi connectivity index (χ0n) is 15.1. The number of hydrogen-bond acceptors (Lipinski definition) is 4. The fourth-order valence-electron chi connectivity index (χ4n) is 3.94. The van der Waals surface area contributed by atoms with E-state index in [1.165, 1.54) is 0 Å². The van der Waals surface area contributed by atoms with Crippen LogP contribution in [0.3, 0.4) is 0 Å². The van der Waals surface area contributed by atoms with Gasteiger partial charge < -0.3 is 15.8 Å². The Labute approximate surface area is 158 Å². The van der Waals surface area contributed by atoms with E-state index in [-0.39, 0.29) is 18.5 Å². The highest BCUT2D eigenvalue weighted by molar-refractivity contribution is 5.83. The number of nitrogens with zero attached hydrogens (tertiary/aromatic N) is 1. The third-order valence-electron chi connectivity index (χ3n) is 5.31. The Hall–Kier alpha value is -2.86. The van der Waals surface area contributed by atoms with Crippen LogP contribution in [0, 0.1) is 0 Å². The maximum atomic E-state index is 12.7. The van der Waals surface area contributed by atoms with Crippen molar-refractivity contribution in [2.24, 2.45) is 5.73 Å². The molecule has 0 radical (unpaired) electrons. The zero-order chi connectivity index (χ0) is 18.8.